The first-order valence-corrected chi connectivity index (χ1v) is 9.24. The molecule has 0 aliphatic carbocycles. The summed E-state index contributed by atoms with van der Waals surface area (Å²) in [6.07, 6.45) is -15.2. The number of sulfonamides is 1. The fourth-order valence-electron chi connectivity index (χ4n) is 2.83. The first-order valence-electron chi connectivity index (χ1n) is 7.63. The summed E-state index contributed by atoms with van der Waals surface area (Å²) in [5.41, 5.74) is -2.02. The molecule has 2 fully saturated rings. The summed E-state index contributed by atoms with van der Waals surface area (Å²) in [6.45, 7) is -1.58. The first kappa shape index (κ1) is 21.8. The van der Waals surface area contributed by atoms with Crippen molar-refractivity contribution in [1.29, 1.82) is 0 Å². The van der Waals surface area contributed by atoms with Gasteiger partial charge in [-0.2, -0.15) is 0 Å². The third kappa shape index (κ3) is 4.16. The van der Waals surface area contributed by atoms with Crippen LogP contribution >= 0.6 is 0 Å². The molecule has 2 rings (SSSR count). The monoisotopic (exact) mass is 405 g/mol. The molecule has 2 aliphatic rings. The lowest BCUT2D eigenvalue weighted by molar-refractivity contribution is -0.338. The molecule has 14 heteroatoms. The molecule has 0 saturated carbocycles. The third-order valence-electron chi connectivity index (χ3n) is 4.28. The Labute approximate surface area is 148 Å². The molecule has 0 aromatic heterocycles. The highest BCUT2D eigenvalue weighted by Gasteiger charge is 2.52. The largest absolute Gasteiger partial charge is 0.394 e. The maximum Gasteiger partial charge on any atom is 0.239 e. The van der Waals surface area contributed by atoms with E-state index in [1.54, 1.807) is 0 Å². The summed E-state index contributed by atoms with van der Waals surface area (Å²) >= 11 is 0. The van der Waals surface area contributed by atoms with Gasteiger partial charge in [0.2, 0.25) is 15.5 Å². The van der Waals surface area contributed by atoms with Crippen molar-refractivity contribution < 1.29 is 58.4 Å². The molecule has 26 heavy (non-hydrogen) atoms. The molecule has 2 aliphatic heterocycles. The Balaban J connectivity index is 2.19. The van der Waals surface area contributed by atoms with Gasteiger partial charge in [-0.1, -0.05) is 0 Å². The minimum atomic E-state index is -4.43. The predicted octanol–water partition coefficient (Wildman–Crippen LogP) is -6.10. The van der Waals surface area contributed by atoms with Crippen molar-refractivity contribution in [3.8, 4) is 0 Å². The van der Waals surface area contributed by atoms with Crippen molar-refractivity contribution in [3.05, 3.63) is 0 Å². The van der Waals surface area contributed by atoms with E-state index in [4.69, 9.17) is 24.5 Å². The van der Waals surface area contributed by atoms with Crippen LogP contribution in [0.1, 0.15) is 0 Å². The standard InChI is InChI=1S/C12H23NO12S/c13-26(21,22)12-9(20)7(18)10(4(2-15)24-12)25-11-8(19)6(17)5(16)3(1-14)23-11/h3-12,14-20H,1-2H2,(H2,13,21,22)/t3-,4-,5+,6+,7-,8-,9-,10+,11-,12+/m1/s1. The van der Waals surface area contributed by atoms with E-state index in [0.717, 1.165) is 0 Å². The second-order valence-electron chi connectivity index (χ2n) is 6.09. The molecular formula is C12H23NO12S. The number of primary sulfonamides is 1. The minimum absolute atomic E-state index is 0.728. The van der Waals surface area contributed by atoms with Crippen molar-refractivity contribution in [1.82, 2.24) is 0 Å². The van der Waals surface area contributed by atoms with E-state index >= 15 is 0 Å². The van der Waals surface area contributed by atoms with Crippen molar-refractivity contribution in [2.24, 2.45) is 5.14 Å². The molecule has 154 valence electrons. The van der Waals surface area contributed by atoms with Crippen LogP contribution in [0.5, 0.6) is 0 Å². The van der Waals surface area contributed by atoms with Gasteiger partial charge < -0.3 is 50.0 Å². The Hall–Kier alpha value is -0.490. The van der Waals surface area contributed by atoms with E-state index in [-0.39, 0.29) is 0 Å². The zero-order valence-corrected chi connectivity index (χ0v) is 14.2. The molecule has 2 heterocycles. The molecule has 0 aromatic carbocycles. The van der Waals surface area contributed by atoms with E-state index in [9.17, 15) is 39.1 Å². The number of hydrogen-bond donors (Lipinski definition) is 8. The fraction of sp³-hybridized carbons (Fsp3) is 1.00. The second kappa shape index (κ2) is 8.26. The third-order valence-corrected chi connectivity index (χ3v) is 5.32. The molecule has 0 spiro atoms. The van der Waals surface area contributed by atoms with Crippen LogP contribution in [0.2, 0.25) is 0 Å². The van der Waals surface area contributed by atoms with Crippen molar-refractivity contribution in [2.45, 2.75) is 60.6 Å². The van der Waals surface area contributed by atoms with Gasteiger partial charge in [0.25, 0.3) is 0 Å². The average Bonchev–Trinajstić information content (AvgIpc) is 2.58. The molecule has 0 bridgehead atoms. The van der Waals surface area contributed by atoms with Gasteiger partial charge in [0.15, 0.2) is 6.29 Å². The zero-order chi connectivity index (χ0) is 19.8. The summed E-state index contributed by atoms with van der Waals surface area (Å²) in [4.78, 5) is 0. The van der Waals surface area contributed by atoms with Crippen LogP contribution in [-0.4, -0.2) is 118 Å². The molecule has 0 aromatic rings. The molecule has 13 nitrogen and oxygen atoms in total. The number of hydrogen-bond acceptors (Lipinski definition) is 12. The van der Waals surface area contributed by atoms with Crippen LogP contribution in [0.15, 0.2) is 0 Å². The molecule has 0 amide bonds. The van der Waals surface area contributed by atoms with Gasteiger partial charge in [-0.05, 0) is 0 Å². The molecule has 0 unspecified atom stereocenters. The average molecular weight is 405 g/mol. The highest BCUT2D eigenvalue weighted by atomic mass is 32.2. The number of aliphatic hydroxyl groups is 7. The first-order chi connectivity index (χ1) is 12.0. The van der Waals surface area contributed by atoms with Gasteiger partial charge >= 0.3 is 0 Å². The maximum absolute atomic E-state index is 11.4. The zero-order valence-electron chi connectivity index (χ0n) is 13.3. The second-order valence-corrected chi connectivity index (χ2v) is 7.74. The summed E-state index contributed by atoms with van der Waals surface area (Å²) in [5.74, 6) is 0. The van der Waals surface area contributed by atoms with Crippen LogP contribution < -0.4 is 5.14 Å². The van der Waals surface area contributed by atoms with Crippen LogP contribution in [-0.2, 0) is 24.2 Å². The molecule has 0 radical (unpaired) electrons. The smallest absolute Gasteiger partial charge is 0.239 e. The van der Waals surface area contributed by atoms with Crippen molar-refractivity contribution in [2.75, 3.05) is 13.2 Å². The normalized spacial score (nSPS) is 47.7. The van der Waals surface area contributed by atoms with E-state index in [1.165, 1.54) is 0 Å². The lowest BCUT2D eigenvalue weighted by Gasteiger charge is -2.45. The predicted molar refractivity (Wildman–Crippen MR) is 79.5 cm³/mol. The van der Waals surface area contributed by atoms with Crippen LogP contribution in [0.25, 0.3) is 0 Å². The summed E-state index contributed by atoms with van der Waals surface area (Å²) in [7, 11) is -4.43. The van der Waals surface area contributed by atoms with Gasteiger partial charge in [-0.3, -0.25) is 0 Å². The maximum atomic E-state index is 11.4. The molecular weight excluding hydrogens is 382 g/mol. The lowest BCUT2D eigenvalue weighted by Crippen LogP contribution is -2.65. The summed E-state index contributed by atoms with van der Waals surface area (Å²) in [5, 5.41) is 72.9. The number of aliphatic hydroxyl groups excluding tert-OH is 7. The van der Waals surface area contributed by atoms with E-state index in [1.807, 2.05) is 0 Å². The van der Waals surface area contributed by atoms with Gasteiger partial charge in [-0.25, -0.2) is 13.6 Å². The summed E-state index contributed by atoms with van der Waals surface area (Å²) in [6, 6.07) is 0. The quantitative estimate of drug-likeness (QED) is 0.214. The van der Waals surface area contributed by atoms with Gasteiger partial charge in [0.1, 0.15) is 48.8 Å². The Morgan fingerprint density at radius 1 is 0.808 bits per heavy atom. The lowest BCUT2D eigenvalue weighted by atomic mass is 9.97. The summed E-state index contributed by atoms with van der Waals surface area (Å²) < 4.78 is 38.2. The number of nitrogens with two attached hydrogens (primary N) is 1. The number of rotatable bonds is 5. The SMILES string of the molecule is NS(=O)(=O)[C@@H]1O[C@H](CO)[C@H](O[C@H]2O[C@H](CO)[C@H](O)[C@H](O)[C@H]2O)[C@H](O)[C@H]1O. The highest BCUT2D eigenvalue weighted by molar-refractivity contribution is 7.89. The van der Waals surface area contributed by atoms with Crippen LogP contribution in [0.3, 0.4) is 0 Å². The van der Waals surface area contributed by atoms with Crippen molar-refractivity contribution >= 4 is 10.0 Å². The Bertz CT molecular complexity index is 571. The number of ether oxygens (including phenoxy) is 3. The Morgan fingerprint density at radius 2 is 1.38 bits per heavy atom. The minimum Gasteiger partial charge on any atom is -0.394 e. The van der Waals surface area contributed by atoms with Gasteiger partial charge in [-0.15, -0.1) is 0 Å². The van der Waals surface area contributed by atoms with E-state index in [0.29, 0.717) is 0 Å². The van der Waals surface area contributed by atoms with Gasteiger partial charge in [0.05, 0.1) is 13.2 Å². The molecule has 9 N–H and O–H groups in total. The van der Waals surface area contributed by atoms with Crippen LogP contribution in [0, 0.1) is 0 Å². The topological polar surface area (TPSA) is 229 Å². The van der Waals surface area contributed by atoms with E-state index in [2.05, 4.69) is 0 Å². The highest BCUT2D eigenvalue weighted by Crippen LogP contribution is 2.30. The van der Waals surface area contributed by atoms with Crippen molar-refractivity contribution in [3.63, 3.8) is 0 Å². The Kier molecular flexibility index (Phi) is 6.92. The van der Waals surface area contributed by atoms with Crippen LogP contribution in [0.4, 0.5) is 0 Å². The Morgan fingerprint density at radius 3 is 1.88 bits per heavy atom. The van der Waals surface area contributed by atoms with E-state index < -0.39 is 83.8 Å². The van der Waals surface area contributed by atoms with Gasteiger partial charge in [0, 0.05) is 0 Å². The molecule has 2 saturated heterocycles. The molecule has 10 atom stereocenters. The fourth-order valence-corrected chi connectivity index (χ4v) is 3.67.